The number of carboxylic acid groups (broad SMARTS) is 1. The summed E-state index contributed by atoms with van der Waals surface area (Å²) < 4.78 is 10.6. The summed E-state index contributed by atoms with van der Waals surface area (Å²) in [5.74, 6) is -2.84. The summed E-state index contributed by atoms with van der Waals surface area (Å²) in [6, 6.07) is 0. The van der Waals surface area contributed by atoms with Gasteiger partial charge in [0.25, 0.3) is 5.78 Å². The van der Waals surface area contributed by atoms with E-state index in [1.54, 1.807) is 20.8 Å². The molecule has 0 spiro atoms. The largest absolute Gasteiger partial charge is 0.475 e. The van der Waals surface area contributed by atoms with Crippen LogP contribution in [-0.2, 0) is 19.1 Å². The molecular formula is C10H14O5. The van der Waals surface area contributed by atoms with E-state index < -0.39 is 17.5 Å². The smallest absolute Gasteiger partial charge is 0.377 e. The second-order valence-electron chi connectivity index (χ2n) is 3.68. The molecule has 15 heavy (non-hydrogen) atoms. The molecule has 84 valence electrons. The highest BCUT2D eigenvalue weighted by Gasteiger charge is 2.33. The molecule has 1 N–H and O–H groups in total. The molecule has 0 aromatic rings. The molecule has 1 fully saturated rings. The Morgan fingerprint density at radius 2 is 2.07 bits per heavy atom. The predicted octanol–water partition coefficient (Wildman–Crippen LogP) is 1.09. The first kappa shape index (κ1) is 11.7. The number of carbonyl (C=O) groups is 2. The van der Waals surface area contributed by atoms with Crippen LogP contribution in [0.5, 0.6) is 0 Å². The fourth-order valence-corrected chi connectivity index (χ4v) is 1.36. The summed E-state index contributed by atoms with van der Waals surface area (Å²) >= 11 is 0. The van der Waals surface area contributed by atoms with Gasteiger partial charge in [0.1, 0.15) is 12.4 Å². The average Bonchev–Trinajstić information content (AvgIpc) is 2.47. The van der Waals surface area contributed by atoms with Crippen LogP contribution in [0.1, 0.15) is 27.2 Å². The molecule has 0 aliphatic carbocycles. The highest BCUT2D eigenvalue weighted by atomic mass is 16.7. The zero-order chi connectivity index (χ0) is 11.6. The van der Waals surface area contributed by atoms with Gasteiger partial charge in [-0.05, 0) is 6.42 Å². The van der Waals surface area contributed by atoms with Crippen LogP contribution < -0.4 is 0 Å². The summed E-state index contributed by atoms with van der Waals surface area (Å²) in [5.41, 5.74) is 0.174. The normalized spacial score (nSPS) is 22.1. The van der Waals surface area contributed by atoms with Gasteiger partial charge in [-0.15, -0.1) is 0 Å². The van der Waals surface area contributed by atoms with E-state index in [9.17, 15) is 9.59 Å². The van der Waals surface area contributed by atoms with Crippen molar-refractivity contribution in [2.45, 2.75) is 33.0 Å². The first-order valence-corrected chi connectivity index (χ1v) is 4.70. The predicted molar refractivity (Wildman–Crippen MR) is 51.1 cm³/mol. The Hall–Kier alpha value is -1.36. The van der Waals surface area contributed by atoms with Crippen LogP contribution in [0, 0.1) is 0 Å². The van der Waals surface area contributed by atoms with Crippen LogP contribution in [-0.4, -0.2) is 29.3 Å². The zero-order valence-electron chi connectivity index (χ0n) is 8.99. The third-order valence-corrected chi connectivity index (χ3v) is 2.08. The molecule has 5 nitrogen and oxygen atoms in total. The first-order chi connectivity index (χ1) is 6.87. The molecule has 1 saturated heterocycles. The van der Waals surface area contributed by atoms with Crippen LogP contribution in [0.25, 0.3) is 0 Å². The second kappa shape index (κ2) is 4.02. The van der Waals surface area contributed by atoms with Gasteiger partial charge in [0.05, 0.1) is 0 Å². The summed E-state index contributed by atoms with van der Waals surface area (Å²) in [6.07, 6.45) is 0.319. The molecule has 0 aromatic heterocycles. The Balaban J connectivity index is 2.96. The summed E-state index contributed by atoms with van der Waals surface area (Å²) in [6.45, 7) is 5.27. The fraction of sp³-hybridized carbons (Fsp3) is 0.600. The van der Waals surface area contributed by atoms with Crippen LogP contribution in [0.3, 0.4) is 0 Å². The first-order valence-electron chi connectivity index (χ1n) is 4.70. The van der Waals surface area contributed by atoms with Gasteiger partial charge in [-0.3, -0.25) is 4.79 Å². The minimum atomic E-state index is -1.47. The number of ether oxygens (including phenoxy) is 2. The van der Waals surface area contributed by atoms with Crippen LogP contribution in [0.15, 0.2) is 11.3 Å². The van der Waals surface area contributed by atoms with Gasteiger partial charge >= 0.3 is 5.97 Å². The van der Waals surface area contributed by atoms with Crippen molar-refractivity contribution >= 4 is 11.8 Å². The number of ketones is 1. The number of aliphatic carboxylic acids is 1. The lowest BCUT2D eigenvalue weighted by atomic mass is 10.1. The third kappa shape index (κ3) is 2.56. The third-order valence-electron chi connectivity index (χ3n) is 2.08. The molecular weight excluding hydrogens is 200 g/mol. The van der Waals surface area contributed by atoms with Gasteiger partial charge in [-0.1, -0.05) is 6.92 Å². The van der Waals surface area contributed by atoms with Crippen molar-refractivity contribution in [1.29, 1.82) is 0 Å². The lowest BCUT2D eigenvalue weighted by molar-refractivity contribution is -0.147. The van der Waals surface area contributed by atoms with E-state index in [4.69, 9.17) is 14.6 Å². The Kier molecular flexibility index (Phi) is 3.14. The molecule has 1 heterocycles. The minimum absolute atomic E-state index is 0.148. The number of carboxylic acids is 1. The van der Waals surface area contributed by atoms with E-state index in [0.29, 0.717) is 12.2 Å². The molecule has 1 rings (SSSR count). The number of Topliss-reactive ketones (excluding diaryl/α,β-unsaturated/α-hetero) is 1. The number of carbonyl (C=O) groups excluding carboxylic acids is 1. The molecule has 0 radical (unpaired) electrons. The highest BCUT2D eigenvalue weighted by Crippen LogP contribution is 2.28. The molecule has 0 bridgehead atoms. The minimum Gasteiger partial charge on any atom is -0.475 e. The van der Waals surface area contributed by atoms with E-state index in [1.165, 1.54) is 0 Å². The SMILES string of the molecule is CCC(C(=O)C(=O)O)=C1COC(C)(C)O1. The Labute approximate surface area is 87.7 Å². The van der Waals surface area contributed by atoms with Crippen LogP contribution in [0.4, 0.5) is 0 Å². The number of hydrogen-bond acceptors (Lipinski definition) is 4. The number of rotatable bonds is 3. The molecule has 0 aromatic carbocycles. The van der Waals surface area contributed by atoms with Gasteiger partial charge in [0.2, 0.25) is 5.79 Å². The van der Waals surface area contributed by atoms with Gasteiger partial charge in [-0.25, -0.2) is 4.79 Å². The molecule has 0 unspecified atom stereocenters. The van der Waals surface area contributed by atoms with E-state index in [-0.39, 0.29) is 12.2 Å². The lowest BCUT2D eigenvalue weighted by Crippen LogP contribution is -2.20. The standard InChI is InChI=1S/C10H14O5/c1-4-6(8(11)9(12)13)7-5-14-10(2,3)15-7/h4-5H2,1-3H3,(H,12,13). The van der Waals surface area contributed by atoms with Crippen molar-refractivity contribution in [3.63, 3.8) is 0 Å². The van der Waals surface area contributed by atoms with Crippen molar-refractivity contribution in [2.75, 3.05) is 6.61 Å². The Bertz CT molecular complexity index is 327. The maximum atomic E-state index is 11.3. The Morgan fingerprint density at radius 3 is 2.40 bits per heavy atom. The van der Waals surface area contributed by atoms with E-state index >= 15 is 0 Å². The highest BCUT2D eigenvalue weighted by molar-refractivity contribution is 6.39. The van der Waals surface area contributed by atoms with Crippen LogP contribution in [0.2, 0.25) is 0 Å². The van der Waals surface area contributed by atoms with Crippen molar-refractivity contribution < 1.29 is 24.2 Å². The lowest BCUT2D eigenvalue weighted by Gasteiger charge is -2.16. The van der Waals surface area contributed by atoms with Gasteiger partial charge in [-0.2, -0.15) is 0 Å². The van der Waals surface area contributed by atoms with E-state index in [0.717, 1.165) is 0 Å². The van der Waals surface area contributed by atoms with Gasteiger partial charge in [0, 0.05) is 19.4 Å². The molecule has 0 atom stereocenters. The topological polar surface area (TPSA) is 72.8 Å². The quantitative estimate of drug-likeness (QED) is 0.562. The molecule has 0 saturated carbocycles. The van der Waals surface area contributed by atoms with Gasteiger partial charge in [0.15, 0.2) is 0 Å². The van der Waals surface area contributed by atoms with E-state index in [2.05, 4.69) is 0 Å². The van der Waals surface area contributed by atoms with Crippen LogP contribution >= 0.6 is 0 Å². The summed E-state index contributed by atoms with van der Waals surface area (Å²) in [5, 5.41) is 8.59. The summed E-state index contributed by atoms with van der Waals surface area (Å²) in [7, 11) is 0. The maximum Gasteiger partial charge on any atom is 0.377 e. The van der Waals surface area contributed by atoms with Crippen molar-refractivity contribution in [1.82, 2.24) is 0 Å². The second-order valence-corrected chi connectivity index (χ2v) is 3.68. The molecule has 5 heteroatoms. The fourth-order valence-electron chi connectivity index (χ4n) is 1.36. The van der Waals surface area contributed by atoms with Crippen molar-refractivity contribution in [3.8, 4) is 0 Å². The molecule has 0 amide bonds. The Morgan fingerprint density at radius 1 is 1.47 bits per heavy atom. The van der Waals surface area contributed by atoms with Crippen molar-refractivity contribution in [3.05, 3.63) is 11.3 Å². The zero-order valence-corrected chi connectivity index (χ0v) is 8.99. The maximum absolute atomic E-state index is 11.3. The van der Waals surface area contributed by atoms with Crippen molar-refractivity contribution in [2.24, 2.45) is 0 Å². The number of hydrogen-bond donors (Lipinski definition) is 1. The summed E-state index contributed by atoms with van der Waals surface area (Å²) in [4.78, 5) is 21.8. The molecule has 1 aliphatic heterocycles. The van der Waals surface area contributed by atoms with Gasteiger partial charge < -0.3 is 14.6 Å². The van der Waals surface area contributed by atoms with E-state index in [1.807, 2.05) is 0 Å². The monoisotopic (exact) mass is 214 g/mol. The average molecular weight is 214 g/mol. The molecule has 1 aliphatic rings.